The van der Waals surface area contributed by atoms with Gasteiger partial charge in [-0.15, -0.1) is 0 Å². The zero-order valence-corrected chi connectivity index (χ0v) is 10.2. The minimum Gasteiger partial charge on any atom is -0.508 e. The second-order valence-corrected chi connectivity index (χ2v) is 4.54. The van der Waals surface area contributed by atoms with Crippen molar-refractivity contribution in [3.8, 4) is 5.75 Å². The molecule has 0 aliphatic carbocycles. The van der Waals surface area contributed by atoms with Crippen LogP contribution in [0, 0.1) is 0 Å². The number of aliphatic hydroxyl groups is 1. The summed E-state index contributed by atoms with van der Waals surface area (Å²) >= 11 is 0. The first kappa shape index (κ1) is 13.4. The maximum atomic E-state index is 12.2. The Labute approximate surface area is 109 Å². The van der Waals surface area contributed by atoms with E-state index in [0.29, 0.717) is 24.9 Å². The molecule has 1 heterocycles. The quantitative estimate of drug-likeness (QED) is 0.736. The van der Waals surface area contributed by atoms with Crippen molar-refractivity contribution in [2.45, 2.75) is 25.0 Å². The van der Waals surface area contributed by atoms with Gasteiger partial charge in [0.15, 0.2) is 6.10 Å². The van der Waals surface area contributed by atoms with Gasteiger partial charge in [0.2, 0.25) is 0 Å². The molecule has 0 radical (unpaired) electrons. The molecule has 1 aromatic rings. The van der Waals surface area contributed by atoms with Crippen LogP contribution >= 0.6 is 0 Å². The lowest BCUT2D eigenvalue weighted by molar-refractivity contribution is -0.149. The smallest absolute Gasteiger partial charge is 0.334 e. The molecule has 1 aliphatic rings. The number of aromatic hydroxyl groups is 1. The molecule has 19 heavy (non-hydrogen) atoms. The van der Waals surface area contributed by atoms with Gasteiger partial charge in [0.1, 0.15) is 5.75 Å². The van der Waals surface area contributed by atoms with Crippen LogP contribution in [0.3, 0.4) is 0 Å². The van der Waals surface area contributed by atoms with Crippen molar-refractivity contribution in [1.82, 2.24) is 4.90 Å². The molecule has 1 fully saturated rings. The third-order valence-electron chi connectivity index (χ3n) is 3.29. The van der Waals surface area contributed by atoms with E-state index < -0.39 is 18.1 Å². The second kappa shape index (κ2) is 5.27. The molecule has 1 aliphatic heterocycles. The number of phenolic OH excluding ortho intramolecular Hbond substituents is 1. The Kier molecular flexibility index (Phi) is 3.71. The van der Waals surface area contributed by atoms with Crippen LogP contribution in [-0.4, -0.2) is 50.8 Å². The Morgan fingerprint density at radius 1 is 1.26 bits per heavy atom. The topological polar surface area (TPSA) is 98.1 Å². The Hall–Kier alpha value is -2.08. The summed E-state index contributed by atoms with van der Waals surface area (Å²) in [5, 5.41) is 27.6. The SMILES string of the molecule is O=C(O)[C@H](O)[C@@H]1CCCN1C(=O)c1ccc(O)cc1. The highest BCUT2D eigenvalue weighted by atomic mass is 16.4. The molecule has 0 spiro atoms. The van der Waals surface area contributed by atoms with E-state index >= 15 is 0 Å². The molecule has 6 nitrogen and oxygen atoms in total. The highest BCUT2D eigenvalue weighted by Gasteiger charge is 2.37. The van der Waals surface area contributed by atoms with Gasteiger partial charge in [-0.25, -0.2) is 4.79 Å². The third kappa shape index (κ3) is 2.68. The van der Waals surface area contributed by atoms with E-state index in [4.69, 9.17) is 5.11 Å². The molecular formula is C13H15NO5. The minimum absolute atomic E-state index is 0.0556. The number of carboxylic acids is 1. The van der Waals surface area contributed by atoms with Gasteiger partial charge in [-0.2, -0.15) is 0 Å². The van der Waals surface area contributed by atoms with Gasteiger partial charge in [-0.05, 0) is 37.1 Å². The third-order valence-corrected chi connectivity index (χ3v) is 3.29. The van der Waals surface area contributed by atoms with Crippen LogP contribution in [0.5, 0.6) is 5.75 Å². The fraction of sp³-hybridized carbons (Fsp3) is 0.385. The predicted octanol–water partition coefficient (Wildman–Crippen LogP) is 0.442. The first-order valence-electron chi connectivity index (χ1n) is 6.01. The van der Waals surface area contributed by atoms with Gasteiger partial charge in [-0.3, -0.25) is 4.79 Å². The van der Waals surface area contributed by atoms with E-state index in [0.717, 1.165) is 0 Å². The average molecular weight is 265 g/mol. The summed E-state index contributed by atoms with van der Waals surface area (Å²) in [6.45, 7) is 0.425. The monoisotopic (exact) mass is 265 g/mol. The molecule has 3 N–H and O–H groups in total. The van der Waals surface area contributed by atoms with E-state index in [2.05, 4.69) is 0 Å². The molecule has 2 atom stereocenters. The molecule has 0 bridgehead atoms. The highest BCUT2D eigenvalue weighted by molar-refractivity contribution is 5.95. The van der Waals surface area contributed by atoms with E-state index in [1.165, 1.54) is 29.2 Å². The number of phenols is 1. The Morgan fingerprint density at radius 3 is 2.47 bits per heavy atom. The lowest BCUT2D eigenvalue weighted by atomic mass is 10.1. The predicted molar refractivity (Wildman–Crippen MR) is 65.8 cm³/mol. The largest absolute Gasteiger partial charge is 0.508 e. The Bertz CT molecular complexity index is 484. The van der Waals surface area contributed by atoms with Crippen LogP contribution in [0.15, 0.2) is 24.3 Å². The summed E-state index contributed by atoms with van der Waals surface area (Å²) in [5.74, 6) is -1.60. The van der Waals surface area contributed by atoms with Crippen molar-refractivity contribution in [3.63, 3.8) is 0 Å². The number of rotatable bonds is 3. The normalized spacial score (nSPS) is 20.3. The first-order valence-corrected chi connectivity index (χ1v) is 6.01. The number of amides is 1. The van der Waals surface area contributed by atoms with Crippen molar-refractivity contribution in [1.29, 1.82) is 0 Å². The Morgan fingerprint density at radius 2 is 1.89 bits per heavy atom. The highest BCUT2D eigenvalue weighted by Crippen LogP contribution is 2.23. The molecule has 0 aromatic heterocycles. The van der Waals surface area contributed by atoms with Crippen LogP contribution in [0.2, 0.25) is 0 Å². The number of carboxylic acid groups (broad SMARTS) is 1. The molecule has 0 unspecified atom stereocenters. The summed E-state index contributed by atoms with van der Waals surface area (Å²) in [6.07, 6.45) is -0.431. The van der Waals surface area contributed by atoms with Gasteiger partial charge in [0.05, 0.1) is 6.04 Å². The maximum Gasteiger partial charge on any atom is 0.334 e. The molecule has 1 amide bonds. The standard InChI is InChI=1S/C13H15NO5/c15-9-5-3-8(4-6-9)12(17)14-7-1-2-10(14)11(16)13(18)19/h3-6,10-11,15-16H,1-2,7H2,(H,18,19)/t10-,11+/m0/s1. The summed E-state index contributed by atoms with van der Waals surface area (Å²) < 4.78 is 0. The lowest BCUT2D eigenvalue weighted by Crippen LogP contribution is -2.46. The maximum absolute atomic E-state index is 12.2. The van der Waals surface area contributed by atoms with Gasteiger partial charge >= 0.3 is 5.97 Å². The molecule has 102 valence electrons. The number of nitrogens with zero attached hydrogens (tertiary/aromatic N) is 1. The number of carbonyl (C=O) groups is 2. The van der Waals surface area contributed by atoms with Crippen LogP contribution in [0.1, 0.15) is 23.2 Å². The lowest BCUT2D eigenvalue weighted by Gasteiger charge is -2.26. The van der Waals surface area contributed by atoms with E-state index in [-0.39, 0.29) is 11.7 Å². The van der Waals surface area contributed by atoms with Gasteiger partial charge < -0.3 is 20.2 Å². The zero-order chi connectivity index (χ0) is 14.0. The number of hydrogen-bond acceptors (Lipinski definition) is 4. The second-order valence-electron chi connectivity index (χ2n) is 4.54. The number of likely N-dealkylation sites (tertiary alicyclic amines) is 1. The van der Waals surface area contributed by atoms with Crippen LogP contribution in [-0.2, 0) is 4.79 Å². The average Bonchev–Trinajstić information content (AvgIpc) is 2.86. The Balaban J connectivity index is 2.18. The number of aliphatic hydroxyl groups excluding tert-OH is 1. The van der Waals surface area contributed by atoms with Gasteiger partial charge in [0, 0.05) is 12.1 Å². The van der Waals surface area contributed by atoms with Crippen LogP contribution in [0.4, 0.5) is 0 Å². The van der Waals surface area contributed by atoms with E-state index in [1.807, 2.05) is 0 Å². The molecule has 1 aromatic carbocycles. The fourth-order valence-electron chi connectivity index (χ4n) is 2.31. The molecular weight excluding hydrogens is 250 g/mol. The number of hydrogen-bond donors (Lipinski definition) is 3. The first-order chi connectivity index (χ1) is 9.00. The van der Waals surface area contributed by atoms with Crippen LogP contribution in [0.25, 0.3) is 0 Å². The molecule has 6 heteroatoms. The van der Waals surface area contributed by atoms with Crippen molar-refractivity contribution in [2.75, 3.05) is 6.54 Å². The summed E-state index contributed by atoms with van der Waals surface area (Å²) in [7, 11) is 0. The fourth-order valence-corrected chi connectivity index (χ4v) is 2.31. The van der Waals surface area contributed by atoms with Gasteiger partial charge in [-0.1, -0.05) is 0 Å². The van der Waals surface area contributed by atoms with Crippen molar-refractivity contribution >= 4 is 11.9 Å². The molecule has 0 saturated carbocycles. The summed E-state index contributed by atoms with van der Waals surface area (Å²) in [5.41, 5.74) is 0.363. The zero-order valence-electron chi connectivity index (χ0n) is 10.2. The van der Waals surface area contributed by atoms with Crippen molar-refractivity contribution in [3.05, 3.63) is 29.8 Å². The number of carbonyl (C=O) groups excluding carboxylic acids is 1. The minimum atomic E-state index is -1.57. The summed E-state index contributed by atoms with van der Waals surface area (Å²) in [4.78, 5) is 24.4. The molecule has 2 rings (SSSR count). The number of aliphatic carboxylic acids is 1. The van der Waals surface area contributed by atoms with Gasteiger partial charge in [0.25, 0.3) is 5.91 Å². The van der Waals surface area contributed by atoms with Crippen LogP contribution < -0.4 is 0 Å². The summed E-state index contributed by atoms with van der Waals surface area (Å²) in [6, 6.07) is 5.04. The van der Waals surface area contributed by atoms with Crippen molar-refractivity contribution in [2.24, 2.45) is 0 Å². The van der Waals surface area contributed by atoms with E-state index in [1.54, 1.807) is 0 Å². The number of benzene rings is 1. The molecule has 1 saturated heterocycles. The van der Waals surface area contributed by atoms with E-state index in [9.17, 15) is 19.8 Å². The van der Waals surface area contributed by atoms with Crippen molar-refractivity contribution < 1.29 is 24.9 Å².